The summed E-state index contributed by atoms with van der Waals surface area (Å²) in [6.07, 6.45) is 4.51. The molecule has 0 saturated heterocycles. The highest BCUT2D eigenvalue weighted by Crippen LogP contribution is 2.28. The molecule has 112 valence electrons. The highest BCUT2D eigenvalue weighted by Gasteiger charge is 2.11. The highest BCUT2D eigenvalue weighted by atomic mass is 79.9. The fraction of sp³-hybridized carbons (Fsp3) is 0.353. The molecule has 0 spiro atoms. The van der Waals surface area contributed by atoms with Crippen molar-refractivity contribution >= 4 is 15.9 Å². The number of pyridine rings is 1. The van der Waals surface area contributed by atoms with Gasteiger partial charge in [-0.2, -0.15) is 0 Å². The third kappa shape index (κ3) is 4.83. The predicted octanol–water partition coefficient (Wildman–Crippen LogP) is 4.14. The molecule has 0 aliphatic rings. The van der Waals surface area contributed by atoms with Crippen molar-refractivity contribution in [1.29, 1.82) is 0 Å². The van der Waals surface area contributed by atoms with Crippen molar-refractivity contribution in [3.05, 3.63) is 58.3 Å². The molecule has 0 bridgehead atoms. The van der Waals surface area contributed by atoms with E-state index < -0.39 is 0 Å². The van der Waals surface area contributed by atoms with Crippen molar-refractivity contribution in [1.82, 2.24) is 10.3 Å². The molecule has 1 heterocycles. The zero-order chi connectivity index (χ0) is 15.1. The fourth-order valence-corrected chi connectivity index (χ4v) is 2.61. The molecule has 4 heteroatoms. The van der Waals surface area contributed by atoms with Gasteiger partial charge in [0.2, 0.25) is 0 Å². The third-order valence-corrected chi connectivity index (χ3v) is 3.84. The topological polar surface area (TPSA) is 34.1 Å². The lowest BCUT2D eigenvalue weighted by atomic mass is 10.1. The van der Waals surface area contributed by atoms with Gasteiger partial charge in [-0.15, -0.1) is 0 Å². The molecule has 1 aromatic heterocycles. The zero-order valence-corrected chi connectivity index (χ0v) is 14.1. The average molecular weight is 349 g/mol. The van der Waals surface area contributed by atoms with Gasteiger partial charge in [0.15, 0.2) is 0 Å². The lowest BCUT2D eigenvalue weighted by molar-refractivity contribution is 0.315. The second-order valence-electron chi connectivity index (χ2n) is 4.92. The summed E-state index contributed by atoms with van der Waals surface area (Å²) < 4.78 is 7.06. The summed E-state index contributed by atoms with van der Waals surface area (Å²) >= 11 is 3.53. The quantitative estimate of drug-likeness (QED) is 0.816. The van der Waals surface area contributed by atoms with Gasteiger partial charge in [-0.25, -0.2) is 0 Å². The Balaban J connectivity index is 2.02. The van der Waals surface area contributed by atoms with Crippen LogP contribution in [0.2, 0.25) is 0 Å². The summed E-state index contributed by atoms with van der Waals surface area (Å²) in [5, 5.41) is 3.43. The van der Waals surface area contributed by atoms with Crippen molar-refractivity contribution in [2.24, 2.45) is 0 Å². The summed E-state index contributed by atoms with van der Waals surface area (Å²) in [5.74, 6) is 0.945. The molecular formula is C17H21BrN2O. The molecule has 1 unspecified atom stereocenters. The molecule has 0 radical (unpaired) electrons. The minimum Gasteiger partial charge on any atom is -0.493 e. The average Bonchev–Trinajstić information content (AvgIpc) is 2.50. The van der Waals surface area contributed by atoms with Crippen molar-refractivity contribution in [2.75, 3.05) is 13.2 Å². The maximum absolute atomic E-state index is 5.98. The number of hydrogen-bond donors (Lipinski definition) is 1. The molecule has 0 amide bonds. The highest BCUT2D eigenvalue weighted by molar-refractivity contribution is 9.10. The summed E-state index contributed by atoms with van der Waals surface area (Å²) in [4.78, 5) is 4.02. The van der Waals surface area contributed by atoms with E-state index in [-0.39, 0.29) is 6.04 Å². The molecular weight excluding hydrogens is 328 g/mol. The van der Waals surface area contributed by atoms with Crippen LogP contribution in [0.1, 0.15) is 31.0 Å². The molecule has 1 atom stereocenters. The SMILES string of the molecule is CCNC(C)c1cc(Br)ccc1OCCc1ccncc1. The fourth-order valence-electron chi connectivity index (χ4n) is 2.23. The Morgan fingerprint density at radius 2 is 2.00 bits per heavy atom. The summed E-state index contributed by atoms with van der Waals surface area (Å²) in [6, 6.07) is 10.5. The number of nitrogens with zero attached hydrogens (tertiary/aromatic N) is 1. The molecule has 2 aromatic rings. The van der Waals surface area contributed by atoms with Crippen LogP contribution < -0.4 is 10.1 Å². The first-order valence-corrected chi connectivity index (χ1v) is 8.04. The maximum atomic E-state index is 5.98. The first-order chi connectivity index (χ1) is 10.2. The van der Waals surface area contributed by atoms with E-state index in [2.05, 4.69) is 46.1 Å². The monoisotopic (exact) mass is 348 g/mol. The minimum absolute atomic E-state index is 0.267. The van der Waals surface area contributed by atoms with E-state index in [9.17, 15) is 0 Å². The zero-order valence-electron chi connectivity index (χ0n) is 12.5. The second-order valence-corrected chi connectivity index (χ2v) is 5.83. The molecule has 1 N–H and O–H groups in total. The van der Waals surface area contributed by atoms with Gasteiger partial charge >= 0.3 is 0 Å². The molecule has 0 fully saturated rings. The van der Waals surface area contributed by atoms with Gasteiger partial charge in [-0.05, 0) is 49.4 Å². The second kappa shape index (κ2) is 8.15. The summed E-state index contributed by atoms with van der Waals surface area (Å²) in [6.45, 7) is 5.86. The molecule has 21 heavy (non-hydrogen) atoms. The van der Waals surface area contributed by atoms with Gasteiger partial charge in [0.05, 0.1) is 6.61 Å². The van der Waals surface area contributed by atoms with Crippen LogP contribution in [-0.2, 0) is 6.42 Å². The van der Waals surface area contributed by atoms with Crippen molar-refractivity contribution in [3.63, 3.8) is 0 Å². The van der Waals surface area contributed by atoms with Crippen molar-refractivity contribution < 1.29 is 4.74 Å². The Hall–Kier alpha value is -1.39. The van der Waals surface area contributed by atoms with E-state index in [1.807, 2.05) is 36.7 Å². The van der Waals surface area contributed by atoms with Crippen LogP contribution in [-0.4, -0.2) is 18.1 Å². The van der Waals surface area contributed by atoms with E-state index in [0.717, 1.165) is 23.2 Å². The van der Waals surface area contributed by atoms with E-state index in [4.69, 9.17) is 4.74 Å². The molecule has 0 saturated carbocycles. The first-order valence-electron chi connectivity index (χ1n) is 7.25. The van der Waals surface area contributed by atoms with Crippen LogP contribution in [0, 0.1) is 0 Å². The van der Waals surface area contributed by atoms with E-state index in [1.165, 1.54) is 11.1 Å². The normalized spacial score (nSPS) is 12.1. The lowest BCUT2D eigenvalue weighted by Crippen LogP contribution is -2.18. The Kier molecular flexibility index (Phi) is 6.21. The number of rotatable bonds is 7. The van der Waals surface area contributed by atoms with Gasteiger partial charge in [-0.3, -0.25) is 4.98 Å². The number of ether oxygens (including phenoxy) is 1. The Bertz CT molecular complexity index is 560. The van der Waals surface area contributed by atoms with E-state index in [1.54, 1.807) is 0 Å². The van der Waals surface area contributed by atoms with Crippen LogP contribution in [0.4, 0.5) is 0 Å². The first kappa shape index (κ1) is 16.0. The number of benzene rings is 1. The van der Waals surface area contributed by atoms with Crippen LogP contribution in [0.5, 0.6) is 5.75 Å². The van der Waals surface area contributed by atoms with Gasteiger partial charge in [0, 0.05) is 34.9 Å². The summed E-state index contributed by atoms with van der Waals surface area (Å²) in [5.41, 5.74) is 2.42. The third-order valence-electron chi connectivity index (χ3n) is 3.35. The van der Waals surface area contributed by atoms with Gasteiger partial charge in [0.1, 0.15) is 5.75 Å². The van der Waals surface area contributed by atoms with Crippen molar-refractivity contribution in [2.45, 2.75) is 26.3 Å². The molecule has 0 aliphatic carbocycles. The Labute approximate surface area is 134 Å². The van der Waals surface area contributed by atoms with Crippen LogP contribution in [0.15, 0.2) is 47.2 Å². The maximum Gasteiger partial charge on any atom is 0.124 e. The largest absolute Gasteiger partial charge is 0.493 e. The van der Waals surface area contributed by atoms with Gasteiger partial charge in [-0.1, -0.05) is 22.9 Å². The Morgan fingerprint density at radius 3 is 2.71 bits per heavy atom. The van der Waals surface area contributed by atoms with Crippen LogP contribution in [0.25, 0.3) is 0 Å². The summed E-state index contributed by atoms with van der Waals surface area (Å²) in [7, 11) is 0. The smallest absolute Gasteiger partial charge is 0.124 e. The number of hydrogen-bond acceptors (Lipinski definition) is 3. The van der Waals surface area contributed by atoms with E-state index >= 15 is 0 Å². The molecule has 3 nitrogen and oxygen atoms in total. The van der Waals surface area contributed by atoms with Gasteiger partial charge in [0.25, 0.3) is 0 Å². The molecule has 2 rings (SSSR count). The van der Waals surface area contributed by atoms with E-state index in [0.29, 0.717) is 6.61 Å². The number of halogens is 1. The standard InChI is InChI=1S/C17H21BrN2O/c1-3-20-13(2)16-12-15(18)4-5-17(16)21-11-8-14-6-9-19-10-7-14/h4-7,9-10,12-13,20H,3,8,11H2,1-2H3. The lowest BCUT2D eigenvalue weighted by Gasteiger charge is -2.18. The Morgan fingerprint density at radius 1 is 1.24 bits per heavy atom. The minimum atomic E-state index is 0.267. The van der Waals surface area contributed by atoms with Gasteiger partial charge < -0.3 is 10.1 Å². The predicted molar refractivity (Wildman–Crippen MR) is 89.7 cm³/mol. The van der Waals surface area contributed by atoms with Crippen LogP contribution in [0.3, 0.4) is 0 Å². The number of nitrogens with one attached hydrogen (secondary N) is 1. The number of aromatic nitrogens is 1. The van der Waals surface area contributed by atoms with Crippen LogP contribution >= 0.6 is 15.9 Å². The molecule has 1 aromatic carbocycles. The molecule has 0 aliphatic heterocycles. The van der Waals surface area contributed by atoms with Crippen molar-refractivity contribution in [3.8, 4) is 5.75 Å².